The lowest BCUT2D eigenvalue weighted by Crippen LogP contribution is -2.32. The minimum Gasteiger partial charge on any atom is -0.507 e. The highest BCUT2D eigenvalue weighted by atomic mass is 127. The minimum atomic E-state index is 0. The molecule has 1 rings (SSSR count). The zero-order valence-electron chi connectivity index (χ0n) is 11.2. The van der Waals surface area contributed by atoms with Crippen molar-refractivity contribution < 1.29 is 5.11 Å². The Labute approximate surface area is 140 Å². The van der Waals surface area contributed by atoms with E-state index in [4.69, 9.17) is 5.73 Å². The average Bonchev–Trinajstić information content (AvgIpc) is 2.30. The molecule has 0 bridgehead atoms. The topological polar surface area (TPSA) is 70.6 Å². The van der Waals surface area contributed by atoms with Gasteiger partial charge in [-0.15, -0.1) is 24.0 Å². The Bertz CT molecular complexity index is 424. The standard InChI is InChI=1S/C13H20BrN3O.HI/c1-9(2)5-6-16-13(15)17-8-10-3-4-12(18)11(14)7-10;/h3-4,7,9,18H,5-6,8H2,1-2H3,(H3,15,16,17);1H. The van der Waals surface area contributed by atoms with Crippen LogP contribution in [-0.2, 0) is 6.54 Å². The molecule has 0 spiro atoms. The van der Waals surface area contributed by atoms with Gasteiger partial charge in [-0.2, -0.15) is 0 Å². The number of halogens is 2. The predicted octanol–water partition coefficient (Wildman–Crippen LogP) is 3.22. The third-order valence-electron chi connectivity index (χ3n) is 2.47. The quantitative estimate of drug-likeness (QED) is 0.373. The molecule has 4 N–H and O–H groups in total. The molecular formula is C13H21BrIN3O. The molecule has 0 atom stereocenters. The third kappa shape index (κ3) is 7.61. The normalized spacial score (nSPS) is 11.3. The first-order valence-corrected chi connectivity index (χ1v) is 6.79. The van der Waals surface area contributed by atoms with Crippen molar-refractivity contribution >= 4 is 45.9 Å². The molecule has 0 aliphatic carbocycles. The minimum absolute atomic E-state index is 0. The van der Waals surface area contributed by atoms with Gasteiger partial charge < -0.3 is 16.2 Å². The van der Waals surface area contributed by atoms with Gasteiger partial charge in [0.15, 0.2) is 5.96 Å². The Hall–Kier alpha value is -0.500. The van der Waals surface area contributed by atoms with Crippen LogP contribution >= 0.6 is 39.9 Å². The Morgan fingerprint density at radius 2 is 2.16 bits per heavy atom. The fourth-order valence-electron chi connectivity index (χ4n) is 1.37. The molecule has 0 saturated heterocycles. The van der Waals surface area contributed by atoms with Crippen LogP contribution in [0.5, 0.6) is 5.75 Å². The van der Waals surface area contributed by atoms with Crippen LogP contribution in [0.2, 0.25) is 0 Å². The lowest BCUT2D eigenvalue weighted by Gasteiger charge is -2.07. The average molecular weight is 442 g/mol. The smallest absolute Gasteiger partial charge is 0.188 e. The van der Waals surface area contributed by atoms with Crippen LogP contribution in [0.4, 0.5) is 0 Å². The first kappa shape index (κ1) is 18.5. The first-order valence-electron chi connectivity index (χ1n) is 6.00. The van der Waals surface area contributed by atoms with Gasteiger partial charge in [0.25, 0.3) is 0 Å². The second-order valence-electron chi connectivity index (χ2n) is 4.60. The van der Waals surface area contributed by atoms with Gasteiger partial charge in [0, 0.05) is 6.54 Å². The Kier molecular flexibility index (Phi) is 9.16. The van der Waals surface area contributed by atoms with Gasteiger partial charge in [-0.1, -0.05) is 19.9 Å². The van der Waals surface area contributed by atoms with Gasteiger partial charge in [0.2, 0.25) is 0 Å². The maximum atomic E-state index is 9.37. The number of hydrogen-bond acceptors (Lipinski definition) is 2. The Balaban J connectivity index is 0.00000324. The second kappa shape index (κ2) is 9.41. The molecule has 0 aliphatic rings. The fourth-order valence-corrected chi connectivity index (χ4v) is 1.80. The maximum absolute atomic E-state index is 9.37. The van der Waals surface area contributed by atoms with E-state index in [2.05, 4.69) is 40.1 Å². The molecule has 0 radical (unpaired) electrons. The lowest BCUT2D eigenvalue weighted by atomic mass is 10.1. The molecule has 1 aromatic rings. The Morgan fingerprint density at radius 1 is 1.47 bits per heavy atom. The zero-order valence-corrected chi connectivity index (χ0v) is 15.1. The monoisotopic (exact) mass is 441 g/mol. The number of rotatable bonds is 5. The number of guanidine groups is 1. The molecule has 0 fully saturated rings. The summed E-state index contributed by atoms with van der Waals surface area (Å²) in [6.07, 6.45) is 1.07. The Morgan fingerprint density at radius 3 is 2.74 bits per heavy atom. The van der Waals surface area contributed by atoms with E-state index in [-0.39, 0.29) is 29.7 Å². The van der Waals surface area contributed by atoms with Crippen molar-refractivity contribution in [3.63, 3.8) is 0 Å². The number of nitrogens with one attached hydrogen (secondary N) is 1. The van der Waals surface area contributed by atoms with Crippen LogP contribution in [-0.4, -0.2) is 17.6 Å². The van der Waals surface area contributed by atoms with Crippen molar-refractivity contribution in [3.05, 3.63) is 28.2 Å². The number of phenolic OH excluding ortho intramolecular Hbond substituents is 1. The van der Waals surface area contributed by atoms with E-state index in [0.29, 0.717) is 22.9 Å². The van der Waals surface area contributed by atoms with E-state index in [1.54, 1.807) is 6.07 Å². The zero-order chi connectivity index (χ0) is 13.5. The summed E-state index contributed by atoms with van der Waals surface area (Å²) in [5.74, 6) is 1.34. The number of phenols is 1. The summed E-state index contributed by atoms with van der Waals surface area (Å²) in [7, 11) is 0. The van der Waals surface area contributed by atoms with Crippen LogP contribution in [0.3, 0.4) is 0 Å². The fraction of sp³-hybridized carbons (Fsp3) is 0.462. The molecule has 108 valence electrons. The SMILES string of the molecule is CC(C)CCNC(N)=NCc1ccc(O)c(Br)c1.I. The molecule has 1 aromatic carbocycles. The molecule has 0 heterocycles. The largest absolute Gasteiger partial charge is 0.507 e. The molecule has 19 heavy (non-hydrogen) atoms. The van der Waals surface area contributed by atoms with E-state index >= 15 is 0 Å². The molecule has 0 amide bonds. The van der Waals surface area contributed by atoms with E-state index in [9.17, 15) is 5.11 Å². The highest BCUT2D eigenvalue weighted by molar-refractivity contribution is 14.0. The second-order valence-corrected chi connectivity index (χ2v) is 5.45. The van der Waals surface area contributed by atoms with Crippen LogP contribution in [0.25, 0.3) is 0 Å². The molecule has 0 aliphatic heterocycles. The van der Waals surface area contributed by atoms with Crippen molar-refractivity contribution in [1.82, 2.24) is 5.32 Å². The highest BCUT2D eigenvalue weighted by Crippen LogP contribution is 2.24. The maximum Gasteiger partial charge on any atom is 0.188 e. The van der Waals surface area contributed by atoms with Crippen molar-refractivity contribution in [2.75, 3.05) is 6.54 Å². The van der Waals surface area contributed by atoms with Crippen molar-refractivity contribution in [3.8, 4) is 5.75 Å². The number of hydrogen-bond donors (Lipinski definition) is 3. The van der Waals surface area contributed by atoms with Gasteiger partial charge >= 0.3 is 0 Å². The number of aromatic hydroxyl groups is 1. The van der Waals surface area contributed by atoms with Gasteiger partial charge in [-0.3, -0.25) is 0 Å². The summed E-state index contributed by atoms with van der Waals surface area (Å²) in [4.78, 5) is 4.24. The van der Waals surface area contributed by atoms with Crippen LogP contribution in [0, 0.1) is 5.92 Å². The van der Waals surface area contributed by atoms with E-state index < -0.39 is 0 Å². The number of nitrogens with zero attached hydrogens (tertiary/aromatic N) is 1. The van der Waals surface area contributed by atoms with Crippen molar-refractivity contribution in [2.24, 2.45) is 16.6 Å². The van der Waals surface area contributed by atoms with Gasteiger partial charge in [0.05, 0.1) is 11.0 Å². The summed E-state index contributed by atoms with van der Waals surface area (Å²) in [5, 5.41) is 12.4. The van der Waals surface area contributed by atoms with E-state index in [1.807, 2.05) is 12.1 Å². The third-order valence-corrected chi connectivity index (χ3v) is 3.11. The number of aliphatic imine (C=N–C) groups is 1. The van der Waals surface area contributed by atoms with Gasteiger partial charge in [-0.25, -0.2) is 4.99 Å². The van der Waals surface area contributed by atoms with E-state index in [0.717, 1.165) is 18.5 Å². The number of nitrogens with two attached hydrogens (primary N) is 1. The first-order chi connectivity index (χ1) is 8.49. The van der Waals surface area contributed by atoms with Crippen LogP contribution in [0.15, 0.2) is 27.7 Å². The van der Waals surface area contributed by atoms with E-state index in [1.165, 1.54) is 0 Å². The molecule has 0 saturated carbocycles. The van der Waals surface area contributed by atoms with Crippen LogP contribution in [0.1, 0.15) is 25.8 Å². The van der Waals surface area contributed by atoms with Gasteiger partial charge in [-0.05, 0) is 46.0 Å². The molecule has 0 aromatic heterocycles. The summed E-state index contributed by atoms with van der Waals surface area (Å²) >= 11 is 3.27. The summed E-state index contributed by atoms with van der Waals surface area (Å²) in [6.45, 7) is 5.68. The van der Waals surface area contributed by atoms with Crippen molar-refractivity contribution in [2.45, 2.75) is 26.8 Å². The summed E-state index contributed by atoms with van der Waals surface area (Å²) in [5.41, 5.74) is 6.75. The lowest BCUT2D eigenvalue weighted by molar-refractivity contribution is 0.471. The van der Waals surface area contributed by atoms with Crippen LogP contribution < -0.4 is 11.1 Å². The molecular weight excluding hydrogens is 421 g/mol. The predicted molar refractivity (Wildman–Crippen MR) is 94.0 cm³/mol. The summed E-state index contributed by atoms with van der Waals surface area (Å²) in [6, 6.07) is 5.29. The molecule has 4 nitrogen and oxygen atoms in total. The number of benzene rings is 1. The molecule has 6 heteroatoms. The van der Waals surface area contributed by atoms with Gasteiger partial charge in [0.1, 0.15) is 5.75 Å². The highest BCUT2D eigenvalue weighted by Gasteiger charge is 1.99. The summed E-state index contributed by atoms with van der Waals surface area (Å²) < 4.78 is 0.668. The molecule has 0 unspecified atom stereocenters. The van der Waals surface area contributed by atoms with Crippen molar-refractivity contribution in [1.29, 1.82) is 0 Å².